The number of hydrogen-bond acceptors (Lipinski definition) is 4. The van der Waals surface area contributed by atoms with Gasteiger partial charge < -0.3 is 10.2 Å². The predicted molar refractivity (Wildman–Crippen MR) is 81.5 cm³/mol. The summed E-state index contributed by atoms with van der Waals surface area (Å²) in [7, 11) is 0. The summed E-state index contributed by atoms with van der Waals surface area (Å²) in [5, 5.41) is 11.8. The Labute approximate surface area is 122 Å². The third-order valence-corrected chi connectivity index (χ3v) is 4.03. The van der Waals surface area contributed by atoms with Crippen LogP contribution in [0.4, 0.5) is 0 Å². The molecule has 0 spiro atoms. The molecule has 1 aromatic heterocycles. The molecule has 0 aliphatic carbocycles. The Balaban J connectivity index is 1.73. The van der Waals surface area contributed by atoms with Crippen LogP contribution in [-0.2, 0) is 13.1 Å². The van der Waals surface area contributed by atoms with Gasteiger partial charge in [0.25, 0.3) is 0 Å². The van der Waals surface area contributed by atoms with E-state index < -0.39 is 0 Å². The van der Waals surface area contributed by atoms with Crippen LogP contribution in [0.15, 0.2) is 6.20 Å². The van der Waals surface area contributed by atoms with Crippen LogP contribution >= 0.6 is 0 Å². The second-order valence-corrected chi connectivity index (χ2v) is 6.39. The van der Waals surface area contributed by atoms with E-state index in [0.29, 0.717) is 6.04 Å². The number of aromatic nitrogens is 3. The van der Waals surface area contributed by atoms with Crippen LogP contribution in [0.25, 0.3) is 0 Å². The molecule has 20 heavy (non-hydrogen) atoms. The van der Waals surface area contributed by atoms with Crippen LogP contribution in [0, 0.1) is 5.92 Å². The fourth-order valence-corrected chi connectivity index (χ4v) is 2.63. The van der Waals surface area contributed by atoms with Gasteiger partial charge >= 0.3 is 0 Å². The van der Waals surface area contributed by atoms with Crippen LogP contribution in [0.3, 0.4) is 0 Å². The lowest BCUT2D eigenvalue weighted by molar-refractivity contribution is 0.265. The summed E-state index contributed by atoms with van der Waals surface area (Å²) in [6.07, 6.45) is 6.11. The Bertz CT molecular complexity index is 387. The third-order valence-electron chi connectivity index (χ3n) is 4.03. The number of rotatable bonds is 6. The monoisotopic (exact) mass is 279 g/mol. The molecule has 2 heterocycles. The largest absolute Gasteiger partial charge is 0.309 e. The molecule has 1 saturated heterocycles. The Morgan fingerprint density at radius 3 is 2.95 bits per heavy atom. The van der Waals surface area contributed by atoms with E-state index in [0.717, 1.165) is 31.2 Å². The first-order valence-corrected chi connectivity index (χ1v) is 7.98. The summed E-state index contributed by atoms with van der Waals surface area (Å²) in [6.45, 7) is 12.0. The zero-order valence-corrected chi connectivity index (χ0v) is 13.2. The molecule has 5 nitrogen and oxygen atoms in total. The normalized spacial score (nSPS) is 21.3. The Kier molecular flexibility index (Phi) is 5.98. The summed E-state index contributed by atoms with van der Waals surface area (Å²) in [5.41, 5.74) is 1.03. The van der Waals surface area contributed by atoms with E-state index in [1.807, 2.05) is 4.68 Å². The summed E-state index contributed by atoms with van der Waals surface area (Å²) in [5.74, 6) is 0.889. The van der Waals surface area contributed by atoms with Gasteiger partial charge in [-0.05, 0) is 38.3 Å². The smallest absolute Gasteiger partial charge is 0.0964 e. The van der Waals surface area contributed by atoms with Crippen molar-refractivity contribution in [1.82, 2.24) is 25.2 Å². The number of hydrogen-bond donors (Lipinski definition) is 1. The molecule has 0 bridgehead atoms. The van der Waals surface area contributed by atoms with Gasteiger partial charge in [-0.25, -0.2) is 0 Å². The van der Waals surface area contributed by atoms with Crippen LogP contribution < -0.4 is 5.32 Å². The van der Waals surface area contributed by atoms with Crippen molar-refractivity contribution in [1.29, 1.82) is 0 Å². The van der Waals surface area contributed by atoms with Gasteiger partial charge in [0, 0.05) is 25.3 Å². The van der Waals surface area contributed by atoms with E-state index in [1.165, 1.54) is 32.4 Å². The molecule has 1 aliphatic heterocycles. The van der Waals surface area contributed by atoms with Crippen molar-refractivity contribution >= 4 is 0 Å². The van der Waals surface area contributed by atoms with Crippen LogP contribution in [0.2, 0.25) is 0 Å². The van der Waals surface area contributed by atoms with E-state index in [1.54, 1.807) is 0 Å². The summed E-state index contributed by atoms with van der Waals surface area (Å²) < 4.78 is 1.98. The first kappa shape index (κ1) is 15.4. The molecule has 1 aromatic rings. The highest BCUT2D eigenvalue weighted by atomic mass is 15.4. The topological polar surface area (TPSA) is 46.0 Å². The van der Waals surface area contributed by atoms with Crippen molar-refractivity contribution in [3.8, 4) is 0 Å². The first-order chi connectivity index (χ1) is 9.63. The highest BCUT2D eigenvalue weighted by Crippen LogP contribution is 2.16. The molecule has 1 unspecified atom stereocenters. The van der Waals surface area contributed by atoms with Crippen molar-refractivity contribution in [2.24, 2.45) is 5.92 Å². The Morgan fingerprint density at radius 1 is 1.30 bits per heavy atom. The van der Waals surface area contributed by atoms with Gasteiger partial charge in [0.15, 0.2) is 0 Å². The number of nitrogens with zero attached hydrogens (tertiary/aromatic N) is 4. The van der Waals surface area contributed by atoms with Gasteiger partial charge in [-0.3, -0.25) is 4.68 Å². The van der Waals surface area contributed by atoms with Gasteiger partial charge in [0.1, 0.15) is 0 Å². The van der Waals surface area contributed by atoms with Gasteiger partial charge in [-0.1, -0.05) is 26.0 Å². The number of likely N-dealkylation sites (tertiary alicyclic amines) is 1. The standard InChI is InChI=1S/C15H29N5/c1-13(2)16-11-15-12-20(18-17-15)10-9-19-7-4-5-14(3)6-8-19/h12-14,16H,4-11H2,1-3H3. The summed E-state index contributed by atoms with van der Waals surface area (Å²) >= 11 is 0. The minimum atomic E-state index is 0.485. The van der Waals surface area contributed by atoms with Crippen molar-refractivity contribution in [2.75, 3.05) is 19.6 Å². The lowest BCUT2D eigenvalue weighted by atomic mass is 10.0. The molecule has 0 amide bonds. The average Bonchev–Trinajstić information content (AvgIpc) is 2.77. The molecule has 0 radical (unpaired) electrons. The average molecular weight is 279 g/mol. The molecular weight excluding hydrogens is 250 g/mol. The quantitative estimate of drug-likeness (QED) is 0.864. The molecule has 1 atom stereocenters. The van der Waals surface area contributed by atoms with Crippen molar-refractivity contribution < 1.29 is 0 Å². The predicted octanol–water partition coefficient (Wildman–Crippen LogP) is 1.90. The maximum Gasteiger partial charge on any atom is 0.0964 e. The van der Waals surface area contributed by atoms with Crippen molar-refractivity contribution in [2.45, 2.75) is 59.2 Å². The fraction of sp³-hybridized carbons (Fsp3) is 0.867. The van der Waals surface area contributed by atoms with Gasteiger partial charge in [-0.15, -0.1) is 5.10 Å². The molecule has 0 aromatic carbocycles. The lowest BCUT2D eigenvalue weighted by Gasteiger charge is -2.19. The van der Waals surface area contributed by atoms with Gasteiger partial charge in [0.05, 0.1) is 12.2 Å². The SMILES string of the molecule is CC1CCCN(CCn2cc(CNC(C)C)nn2)CC1. The second kappa shape index (κ2) is 7.74. The molecule has 114 valence electrons. The zero-order valence-electron chi connectivity index (χ0n) is 13.2. The van der Waals surface area contributed by atoms with E-state index in [4.69, 9.17) is 0 Å². The zero-order chi connectivity index (χ0) is 14.4. The van der Waals surface area contributed by atoms with Crippen LogP contribution in [0.5, 0.6) is 0 Å². The van der Waals surface area contributed by atoms with Crippen molar-refractivity contribution in [3.63, 3.8) is 0 Å². The van der Waals surface area contributed by atoms with E-state index in [9.17, 15) is 0 Å². The second-order valence-electron chi connectivity index (χ2n) is 6.39. The summed E-state index contributed by atoms with van der Waals surface area (Å²) in [4.78, 5) is 2.57. The maximum absolute atomic E-state index is 4.22. The van der Waals surface area contributed by atoms with Gasteiger partial charge in [0.2, 0.25) is 0 Å². The van der Waals surface area contributed by atoms with Crippen molar-refractivity contribution in [3.05, 3.63) is 11.9 Å². The van der Waals surface area contributed by atoms with E-state index in [2.05, 4.69) is 47.5 Å². The van der Waals surface area contributed by atoms with Gasteiger partial charge in [-0.2, -0.15) is 0 Å². The molecule has 2 rings (SSSR count). The highest BCUT2D eigenvalue weighted by Gasteiger charge is 2.13. The Hall–Kier alpha value is -0.940. The van der Waals surface area contributed by atoms with E-state index >= 15 is 0 Å². The number of nitrogens with one attached hydrogen (secondary N) is 1. The third kappa shape index (κ3) is 5.21. The van der Waals surface area contributed by atoms with Crippen LogP contribution in [-0.4, -0.2) is 45.6 Å². The molecular formula is C15H29N5. The minimum Gasteiger partial charge on any atom is -0.309 e. The molecule has 0 saturated carbocycles. The minimum absolute atomic E-state index is 0.485. The maximum atomic E-state index is 4.22. The first-order valence-electron chi connectivity index (χ1n) is 7.98. The molecule has 1 N–H and O–H groups in total. The molecule has 5 heteroatoms. The lowest BCUT2D eigenvalue weighted by Crippen LogP contribution is -2.28. The molecule has 1 aliphatic rings. The fourth-order valence-electron chi connectivity index (χ4n) is 2.63. The van der Waals surface area contributed by atoms with Crippen LogP contribution in [0.1, 0.15) is 45.7 Å². The molecule has 1 fully saturated rings. The summed E-state index contributed by atoms with van der Waals surface area (Å²) in [6, 6.07) is 0.485. The Morgan fingerprint density at radius 2 is 2.15 bits per heavy atom. The highest BCUT2D eigenvalue weighted by molar-refractivity contribution is 4.91. The van der Waals surface area contributed by atoms with E-state index in [-0.39, 0.29) is 0 Å².